The second-order valence-electron chi connectivity index (χ2n) is 2.72. The molecule has 0 aliphatic carbocycles. The van der Waals surface area contributed by atoms with Crippen LogP contribution >= 0.6 is 23.2 Å². The third-order valence-electron chi connectivity index (χ3n) is 1.87. The third kappa shape index (κ3) is 1.97. The second-order valence-corrected chi connectivity index (χ2v) is 3.50. The van der Waals surface area contributed by atoms with E-state index in [0.717, 1.165) is 0 Å². The molecule has 0 fully saturated rings. The first kappa shape index (κ1) is 11.2. The zero-order valence-electron chi connectivity index (χ0n) is 7.51. The molecule has 1 aromatic rings. The highest BCUT2D eigenvalue weighted by Gasteiger charge is 2.14. The maximum Gasteiger partial charge on any atom is 0.163 e. The van der Waals surface area contributed by atoms with Gasteiger partial charge in [-0.3, -0.25) is 9.59 Å². The van der Waals surface area contributed by atoms with Gasteiger partial charge in [-0.2, -0.15) is 0 Å². The molecular weight excluding hydrogens is 223 g/mol. The van der Waals surface area contributed by atoms with E-state index in [9.17, 15) is 9.59 Å². The Kier molecular flexibility index (Phi) is 3.67. The fraction of sp³-hybridized carbons (Fsp3) is 0.200. The highest BCUT2D eigenvalue weighted by Crippen LogP contribution is 2.27. The van der Waals surface area contributed by atoms with E-state index < -0.39 is 0 Å². The van der Waals surface area contributed by atoms with Gasteiger partial charge in [0.25, 0.3) is 0 Å². The van der Waals surface area contributed by atoms with Gasteiger partial charge in [0.05, 0.1) is 10.0 Å². The maximum absolute atomic E-state index is 11.4. The SMILES string of the molecule is CCC(=O)c1ccc(Cl)c(Cl)c1C=O. The van der Waals surface area contributed by atoms with Crippen molar-refractivity contribution < 1.29 is 9.59 Å². The van der Waals surface area contributed by atoms with Crippen molar-refractivity contribution in [2.45, 2.75) is 13.3 Å². The highest BCUT2D eigenvalue weighted by atomic mass is 35.5. The monoisotopic (exact) mass is 230 g/mol. The molecular formula is C10H8Cl2O2. The number of Topliss-reactive ketones (excluding diaryl/α,β-unsaturated/α-hetero) is 1. The fourth-order valence-corrected chi connectivity index (χ4v) is 1.49. The predicted molar refractivity (Wildman–Crippen MR) is 56.5 cm³/mol. The lowest BCUT2D eigenvalue weighted by atomic mass is 10.0. The minimum absolute atomic E-state index is 0.120. The van der Waals surface area contributed by atoms with Crippen molar-refractivity contribution in [3.05, 3.63) is 33.3 Å². The smallest absolute Gasteiger partial charge is 0.163 e. The van der Waals surface area contributed by atoms with Gasteiger partial charge in [0.15, 0.2) is 12.1 Å². The van der Waals surface area contributed by atoms with Gasteiger partial charge in [-0.1, -0.05) is 30.1 Å². The Hall–Kier alpha value is -0.860. The summed E-state index contributed by atoms with van der Waals surface area (Å²) >= 11 is 11.5. The van der Waals surface area contributed by atoms with Crippen LogP contribution in [0.25, 0.3) is 0 Å². The normalized spacial score (nSPS) is 9.93. The molecule has 0 spiro atoms. The van der Waals surface area contributed by atoms with Crippen LogP contribution in [-0.4, -0.2) is 12.1 Å². The highest BCUT2D eigenvalue weighted by molar-refractivity contribution is 6.43. The average Bonchev–Trinajstić information content (AvgIpc) is 2.20. The van der Waals surface area contributed by atoms with Crippen LogP contribution in [-0.2, 0) is 0 Å². The van der Waals surface area contributed by atoms with E-state index in [2.05, 4.69) is 0 Å². The summed E-state index contributed by atoms with van der Waals surface area (Å²) in [6, 6.07) is 3.03. The Morgan fingerprint density at radius 3 is 2.57 bits per heavy atom. The second kappa shape index (κ2) is 4.58. The van der Waals surface area contributed by atoms with Crippen molar-refractivity contribution in [3.8, 4) is 0 Å². The van der Waals surface area contributed by atoms with Gasteiger partial charge in [0.2, 0.25) is 0 Å². The van der Waals surface area contributed by atoms with E-state index in [0.29, 0.717) is 18.3 Å². The maximum atomic E-state index is 11.4. The Labute approximate surface area is 91.8 Å². The van der Waals surface area contributed by atoms with Crippen molar-refractivity contribution in [2.75, 3.05) is 0 Å². The molecule has 0 bridgehead atoms. The molecule has 0 aliphatic heterocycles. The van der Waals surface area contributed by atoms with E-state index in [4.69, 9.17) is 23.2 Å². The molecule has 0 amide bonds. The molecule has 4 heteroatoms. The van der Waals surface area contributed by atoms with Crippen molar-refractivity contribution in [1.29, 1.82) is 0 Å². The molecule has 0 N–H and O–H groups in total. The zero-order chi connectivity index (χ0) is 10.7. The van der Waals surface area contributed by atoms with Crippen molar-refractivity contribution in [1.82, 2.24) is 0 Å². The van der Waals surface area contributed by atoms with Crippen LogP contribution in [0, 0.1) is 0 Å². The Morgan fingerprint density at radius 2 is 2.07 bits per heavy atom. The lowest BCUT2D eigenvalue weighted by Crippen LogP contribution is -2.02. The molecule has 0 aromatic heterocycles. The zero-order valence-corrected chi connectivity index (χ0v) is 9.02. The summed E-state index contributed by atoms with van der Waals surface area (Å²) < 4.78 is 0. The Morgan fingerprint density at radius 1 is 1.43 bits per heavy atom. The molecule has 74 valence electrons. The molecule has 1 rings (SSSR count). The number of aldehydes is 1. The number of benzene rings is 1. The number of hydrogen-bond acceptors (Lipinski definition) is 2. The molecule has 0 saturated carbocycles. The van der Waals surface area contributed by atoms with Crippen LogP contribution in [0.2, 0.25) is 10.0 Å². The van der Waals surface area contributed by atoms with Crippen LogP contribution in [0.15, 0.2) is 12.1 Å². The summed E-state index contributed by atoms with van der Waals surface area (Å²) in [6.07, 6.45) is 0.885. The summed E-state index contributed by atoms with van der Waals surface area (Å²) in [7, 11) is 0. The molecule has 0 unspecified atom stereocenters. The van der Waals surface area contributed by atoms with E-state index in [-0.39, 0.29) is 21.4 Å². The quantitative estimate of drug-likeness (QED) is 0.590. The minimum Gasteiger partial charge on any atom is -0.298 e. The lowest BCUT2D eigenvalue weighted by Gasteiger charge is -2.05. The third-order valence-corrected chi connectivity index (χ3v) is 2.69. The molecule has 0 atom stereocenters. The number of rotatable bonds is 3. The fourth-order valence-electron chi connectivity index (χ4n) is 1.12. The Balaban J connectivity index is 3.38. The van der Waals surface area contributed by atoms with Gasteiger partial charge in [-0.15, -0.1) is 0 Å². The van der Waals surface area contributed by atoms with Gasteiger partial charge in [0.1, 0.15) is 0 Å². The summed E-state index contributed by atoms with van der Waals surface area (Å²) in [4.78, 5) is 22.1. The van der Waals surface area contributed by atoms with Crippen molar-refractivity contribution in [2.24, 2.45) is 0 Å². The van der Waals surface area contributed by atoms with Crippen LogP contribution < -0.4 is 0 Å². The lowest BCUT2D eigenvalue weighted by molar-refractivity contribution is 0.0981. The first-order chi connectivity index (χ1) is 6.61. The van der Waals surface area contributed by atoms with E-state index in [1.807, 2.05) is 0 Å². The molecule has 1 aromatic carbocycles. The standard InChI is InChI=1S/C10H8Cl2O2/c1-2-9(14)6-3-4-8(11)10(12)7(6)5-13/h3-5H,2H2,1H3. The van der Waals surface area contributed by atoms with Crippen LogP contribution in [0.1, 0.15) is 34.1 Å². The number of halogens is 2. The predicted octanol–water partition coefficient (Wildman–Crippen LogP) is 3.40. The number of hydrogen-bond donors (Lipinski definition) is 0. The van der Waals surface area contributed by atoms with E-state index in [1.165, 1.54) is 12.1 Å². The Bertz CT molecular complexity index is 386. The van der Waals surface area contributed by atoms with Crippen molar-refractivity contribution in [3.63, 3.8) is 0 Å². The topological polar surface area (TPSA) is 34.1 Å². The van der Waals surface area contributed by atoms with E-state index >= 15 is 0 Å². The first-order valence-corrected chi connectivity index (χ1v) is 4.83. The summed E-state index contributed by atoms with van der Waals surface area (Å²) in [6.45, 7) is 1.72. The van der Waals surface area contributed by atoms with Gasteiger partial charge in [-0.25, -0.2) is 0 Å². The first-order valence-electron chi connectivity index (χ1n) is 4.08. The van der Waals surface area contributed by atoms with Crippen LogP contribution in [0.4, 0.5) is 0 Å². The van der Waals surface area contributed by atoms with Gasteiger partial charge in [0, 0.05) is 17.5 Å². The van der Waals surface area contributed by atoms with Gasteiger partial charge < -0.3 is 0 Å². The van der Waals surface area contributed by atoms with Crippen LogP contribution in [0.3, 0.4) is 0 Å². The molecule has 14 heavy (non-hydrogen) atoms. The number of carbonyl (C=O) groups is 2. The van der Waals surface area contributed by atoms with Crippen molar-refractivity contribution >= 4 is 35.3 Å². The van der Waals surface area contributed by atoms with E-state index in [1.54, 1.807) is 6.92 Å². The average molecular weight is 231 g/mol. The summed E-state index contributed by atoms with van der Waals surface area (Å²) in [5.41, 5.74) is 0.503. The summed E-state index contributed by atoms with van der Waals surface area (Å²) in [5, 5.41) is 0.419. The van der Waals surface area contributed by atoms with Gasteiger partial charge in [-0.05, 0) is 12.1 Å². The molecule has 0 heterocycles. The number of carbonyl (C=O) groups excluding carboxylic acids is 2. The minimum atomic E-state index is -0.120. The summed E-state index contributed by atoms with van der Waals surface area (Å²) in [5.74, 6) is -0.120. The molecule has 2 nitrogen and oxygen atoms in total. The molecule has 0 radical (unpaired) electrons. The largest absolute Gasteiger partial charge is 0.298 e. The van der Waals surface area contributed by atoms with Crippen LogP contribution in [0.5, 0.6) is 0 Å². The van der Waals surface area contributed by atoms with Gasteiger partial charge >= 0.3 is 0 Å². The molecule has 0 aliphatic rings. The number of ketones is 1. The molecule has 0 saturated heterocycles.